The van der Waals surface area contributed by atoms with E-state index in [0.29, 0.717) is 42.2 Å². The molecule has 18 nitrogen and oxygen atoms in total. The summed E-state index contributed by atoms with van der Waals surface area (Å²) < 4.78 is 5.49. The minimum absolute atomic E-state index is 0.0406. The molecule has 1 aromatic carbocycles. The molecular weight excluding hydrogens is 736 g/mol. The minimum atomic E-state index is -1.73. The Kier molecular flexibility index (Phi) is 10.6. The fraction of sp³-hybridized carbons (Fsp3) is 0.639. The van der Waals surface area contributed by atoms with Gasteiger partial charge < -0.3 is 30.3 Å². The Bertz CT molecular complexity index is 1800. The van der Waals surface area contributed by atoms with Crippen LogP contribution in [-0.2, 0) is 39.1 Å². The number of fused-ring (bicyclic) bond motifs is 8. The van der Waals surface area contributed by atoms with Crippen LogP contribution in [0.5, 0.6) is 0 Å². The van der Waals surface area contributed by atoms with Crippen molar-refractivity contribution in [3.05, 3.63) is 28.8 Å². The zero-order chi connectivity index (χ0) is 39.5. The topological polar surface area (TPSA) is 209 Å². The quantitative estimate of drug-likeness (QED) is 0.258. The van der Waals surface area contributed by atoms with Gasteiger partial charge in [0.25, 0.3) is 17.7 Å². The van der Waals surface area contributed by atoms with Gasteiger partial charge in [-0.25, -0.2) is 15.9 Å². The Morgan fingerprint density at radius 3 is 2.20 bits per heavy atom. The first-order valence-corrected chi connectivity index (χ1v) is 19.3. The minimum Gasteiger partial charge on any atom is -0.381 e. The second-order valence-corrected chi connectivity index (χ2v) is 15.9. The van der Waals surface area contributed by atoms with Gasteiger partial charge in [-0.2, -0.15) is 5.10 Å². The van der Waals surface area contributed by atoms with E-state index in [1.807, 2.05) is 0 Å². The molecule has 55 heavy (non-hydrogen) atoms. The Morgan fingerprint density at radius 1 is 0.891 bits per heavy atom. The molecule has 298 valence electrons. The van der Waals surface area contributed by atoms with Crippen molar-refractivity contribution in [3.8, 4) is 0 Å². The molecule has 0 aliphatic carbocycles. The summed E-state index contributed by atoms with van der Waals surface area (Å²) in [5, 5.41) is 26.6. The number of amides is 6. The number of nitrogens with zero attached hydrogens (tertiary/aromatic N) is 6. The molecule has 9 atom stereocenters. The number of ether oxygens (including phenoxy) is 1. The average Bonchev–Trinajstić information content (AvgIpc) is 3.64. The standard InChI is InChI=1S/C36H49ClN10O8/c1-18(2)28-34(53)46-25(9-7-13-39-46)33(52)47-26(15-21(55-5)17-40-47)31(50)43(4)19(3)30(49)45-24(8-6-12-38-45)32(51)44-27(29(48)42-28)16-36(54)22-11-10-20(37)14-23(22)41-35(36)44/h10-11,14,17-19,21,24-28,35,38-39,41,54H,6-9,12-13,15-16H2,1-5H3,(H,42,48)/t19-,21?,24+,25+,26?,27-,28+,35-,36+/m0/s1. The summed E-state index contributed by atoms with van der Waals surface area (Å²) in [6.45, 7) is 5.76. The van der Waals surface area contributed by atoms with Crippen LogP contribution in [0.2, 0.25) is 5.02 Å². The highest BCUT2D eigenvalue weighted by Crippen LogP contribution is 2.50. The van der Waals surface area contributed by atoms with E-state index >= 15 is 0 Å². The van der Waals surface area contributed by atoms with E-state index in [0.717, 1.165) is 5.01 Å². The maximum atomic E-state index is 15.0. The zero-order valence-corrected chi connectivity index (χ0v) is 32.3. The van der Waals surface area contributed by atoms with Crippen LogP contribution >= 0.6 is 11.6 Å². The fourth-order valence-electron chi connectivity index (χ4n) is 8.63. The summed E-state index contributed by atoms with van der Waals surface area (Å²) >= 11 is 6.30. The number of hydrazine groups is 2. The molecule has 1 aromatic rings. The molecule has 0 aromatic heterocycles. The highest BCUT2D eigenvalue weighted by Gasteiger charge is 2.62. The first kappa shape index (κ1) is 38.9. The second kappa shape index (κ2) is 14.9. The van der Waals surface area contributed by atoms with E-state index in [2.05, 4.69) is 26.6 Å². The fourth-order valence-corrected chi connectivity index (χ4v) is 8.80. The van der Waals surface area contributed by atoms with Crippen molar-refractivity contribution >= 4 is 58.9 Å². The summed E-state index contributed by atoms with van der Waals surface area (Å²) in [7, 11) is 2.91. The van der Waals surface area contributed by atoms with Gasteiger partial charge in [-0.3, -0.25) is 38.8 Å². The van der Waals surface area contributed by atoms with Gasteiger partial charge in [0.1, 0.15) is 48.0 Å². The highest BCUT2D eigenvalue weighted by atomic mass is 35.5. The van der Waals surface area contributed by atoms with Gasteiger partial charge in [-0.1, -0.05) is 31.5 Å². The normalized spacial score (nSPS) is 34.7. The lowest BCUT2D eigenvalue weighted by atomic mass is 9.91. The number of benzene rings is 1. The number of likely N-dealkylation sites (N-methyl/N-ethyl adjacent to an activating group) is 1. The van der Waals surface area contributed by atoms with Gasteiger partial charge >= 0.3 is 0 Å². The van der Waals surface area contributed by atoms with Gasteiger partial charge in [0.2, 0.25) is 17.7 Å². The summed E-state index contributed by atoms with van der Waals surface area (Å²) in [4.78, 5) is 89.7. The third-order valence-corrected chi connectivity index (χ3v) is 12.1. The van der Waals surface area contributed by atoms with Crippen LogP contribution < -0.4 is 21.5 Å². The molecule has 6 aliphatic rings. The number of carbonyl (C=O) groups excluding carboxylic acids is 6. The predicted octanol–water partition coefficient (Wildman–Crippen LogP) is -0.526. The Labute approximate surface area is 323 Å². The van der Waals surface area contributed by atoms with Crippen LogP contribution in [0.25, 0.3) is 0 Å². The second-order valence-electron chi connectivity index (χ2n) is 15.5. The van der Waals surface area contributed by atoms with E-state index in [9.17, 15) is 33.9 Å². The van der Waals surface area contributed by atoms with E-state index in [-0.39, 0.29) is 25.7 Å². The molecule has 6 aliphatic heterocycles. The van der Waals surface area contributed by atoms with Gasteiger partial charge in [0.15, 0.2) is 0 Å². The Hall–Kier alpha value is -4.36. The number of hydrazone groups is 1. The van der Waals surface area contributed by atoms with E-state index < -0.39 is 95.5 Å². The molecule has 19 heteroatoms. The van der Waals surface area contributed by atoms with Crippen LogP contribution in [0.15, 0.2) is 23.3 Å². The third kappa shape index (κ3) is 6.60. The van der Waals surface area contributed by atoms with Crippen LogP contribution in [0.1, 0.15) is 64.9 Å². The Balaban J connectivity index is 1.33. The third-order valence-electron chi connectivity index (χ3n) is 11.8. The van der Waals surface area contributed by atoms with Crippen molar-refractivity contribution in [3.63, 3.8) is 0 Å². The van der Waals surface area contributed by atoms with E-state index in [1.54, 1.807) is 32.0 Å². The molecule has 0 saturated carbocycles. The number of hydrogen-bond acceptors (Lipinski definition) is 12. The van der Waals surface area contributed by atoms with Crippen molar-refractivity contribution in [2.24, 2.45) is 11.0 Å². The summed E-state index contributed by atoms with van der Waals surface area (Å²) in [6, 6.07) is -2.08. The summed E-state index contributed by atoms with van der Waals surface area (Å²) in [5.41, 5.74) is 5.29. The number of carbonyl (C=O) groups is 6. The van der Waals surface area contributed by atoms with Crippen molar-refractivity contribution in [1.82, 2.24) is 41.0 Å². The first-order valence-electron chi connectivity index (χ1n) is 18.9. The lowest BCUT2D eigenvalue weighted by molar-refractivity contribution is -0.163. The van der Waals surface area contributed by atoms with Crippen LogP contribution in [0, 0.1) is 5.92 Å². The SMILES string of the molecule is COC1C=NN2C(=O)[C@H]3CCCNN3C(=O)[C@@H](C(C)C)NC(=O)[C@@H]3C[C@@]4(O)c5ccc(Cl)cc5N[C@H]4N3C(=O)[C@H]3CCCNN3C(=O)[C@H](C)N(C)C(=O)C2C1. The van der Waals surface area contributed by atoms with E-state index in [4.69, 9.17) is 16.3 Å². The molecule has 4 fully saturated rings. The number of rotatable bonds is 2. The highest BCUT2D eigenvalue weighted by molar-refractivity contribution is 6.31. The molecular formula is C36H49ClN10O8. The van der Waals surface area contributed by atoms with Crippen molar-refractivity contribution in [2.45, 2.75) is 113 Å². The largest absolute Gasteiger partial charge is 0.381 e. The number of halogens is 1. The lowest BCUT2D eigenvalue weighted by Crippen LogP contribution is -2.68. The van der Waals surface area contributed by atoms with Gasteiger partial charge in [-0.05, 0) is 50.7 Å². The first-order chi connectivity index (χ1) is 26.2. The Morgan fingerprint density at radius 2 is 1.55 bits per heavy atom. The smallest absolute Gasteiger partial charge is 0.267 e. The molecule has 0 bridgehead atoms. The van der Waals surface area contributed by atoms with Crippen LogP contribution in [-0.4, -0.2) is 147 Å². The average molecular weight is 785 g/mol. The number of hydrogen-bond donors (Lipinski definition) is 5. The maximum absolute atomic E-state index is 15.0. The van der Waals surface area contributed by atoms with Gasteiger partial charge in [0.05, 0.1) is 12.3 Å². The molecule has 7 rings (SSSR count). The van der Waals surface area contributed by atoms with Crippen LogP contribution in [0.4, 0.5) is 5.69 Å². The number of aliphatic hydroxyl groups is 1. The molecule has 4 saturated heterocycles. The summed E-state index contributed by atoms with van der Waals surface area (Å²) in [5.74, 6) is -4.15. The van der Waals surface area contributed by atoms with Crippen LogP contribution in [0.3, 0.4) is 0 Å². The molecule has 6 amide bonds. The van der Waals surface area contributed by atoms with Crippen molar-refractivity contribution in [2.75, 3.05) is 32.6 Å². The van der Waals surface area contributed by atoms with Crippen molar-refractivity contribution in [1.29, 1.82) is 0 Å². The summed E-state index contributed by atoms with van der Waals surface area (Å²) in [6.07, 6.45) is 1.02. The lowest BCUT2D eigenvalue weighted by Gasteiger charge is -2.44. The number of nitrogens with one attached hydrogen (secondary N) is 4. The number of anilines is 1. The number of methoxy groups -OCH3 is 1. The van der Waals surface area contributed by atoms with Gasteiger partial charge in [0, 0.05) is 56.4 Å². The molecule has 2 unspecified atom stereocenters. The predicted molar refractivity (Wildman–Crippen MR) is 197 cm³/mol. The molecule has 0 radical (unpaired) electrons. The molecule has 0 spiro atoms. The van der Waals surface area contributed by atoms with Crippen molar-refractivity contribution < 1.29 is 38.6 Å². The van der Waals surface area contributed by atoms with Gasteiger partial charge in [-0.15, -0.1) is 0 Å². The molecule has 5 N–H and O–H groups in total. The van der Waals surface area contributed by atoms with E-state index in [1.165, 1.54) is 47.1 Å². The zero-order valence-electron chi connectivity index (χ0n) is 31.5. The molecule has 6 heterocycles. The monoisotopic (exact) mass is 784 g/mol. The maximum Gasteiger partial charge on any atom is 0.267 e.